The summed E-state index contributed by atoms with van der Waals surface area (Å²) < 4.78 is 14.0. The fourth-order valence-electron chi connectivity index (χ4n) is 3.54. The summed E-state index contributed by atoms with van der Waals surface area (Å²) in [5.41, 5.74) is 1.61. The maximum Gasteiger partial charge on any atom is 0.274 e. The number of amides is 2. The molecule has 160 valence electrons. The second-order valence-corrected chi connectivity index (χ2v) is 7.40. The number of carbonyl (C=O) groups excluding carboxylic acids is 2. The van der Waals surface area contributed by atoms with Gasteiger partial charge in [-0.2, -0.15) is 0 Å². The minimum atomic E-state index is -0.245. The van der Waals surface area contributed by atoms with E-state index in [4.69, 9.17) is 0 Å². The highest BCUT2D eigenvalue weighted by Crippen LogP contribution is 2.20. The van der Waals surface area contributed by atoms with Crippen molar-refractivity contribution < 1.29 is 14.0 Å². The van der Waals surface area contributed by atoms with Crippen LogP contribution in [0.25, 0.3) is 0 Å². The third-order valence-electron chi connectivity index (χ3n) is 5.20. The van der Waals surface area contributed by atoms with Crippen molar-refractivity contribution in [2.75, 3.05) is 44.2 Å². The lowest BCUT2D eigenvalue weighted by Gasteiger charge is -2.36. The highest BCUT2D eigenvalue weighted by molar-refractivity contribution is 5.92. The number of hydrogen-bond donors (Lipinski definition) is 0. The first-order valence-electron chi connectivity index (χ1n) is 10.3. The normalized spacial score (nSPS) is 14.0. The van der Waals surface area contributed by atoms with E-state index in [-0.39, 0.29) is 24.1 Å². The fraction of sp³-hybridized carbons (Fsp3) is 0.455. The maximum absolute atomic E-state index is 14.0. The van der Waals surface area contributed by atoms with Crippen LogP contribution in [0.4, 0.5) is 10.1 Å². The fourth-order valence-corrected chi connectivity index (χ4v) is 3.54. The van der Waals surface area contributed by atoms with E-state index in [1.807, 2.05) is 24.8 Å². The molecule has 8 heteroatoms. The van der Waals surface area contributed by atoms with Gasteiger partial charge < -0.3 is 14.7 Å². The van der Waals surface area contributed by atoms with Crippen LogP contribution in [0, 0.1) is 12.7 Å². The molecule has 0 N–H and O–H groups in total. The zero-order valence-electron chi connectivity index (χ0n) is 17.6. The predicted molar refractivity (Wildman–Crippen MR) is 113 cm³/mol. The van der Waals surface area contributed by atoms with Gasteiger partial charge in [-0.15, -0.1) is 0 Å². The van der Waals surface area contributed by atoms with Crippen molar-refractivity contribution in [3.8, 4) is 0 Å². The van der Waals surface area contributed by atoms with Crippen LogP contribution < -0.4 is 4.90 Å². The Morgan fingerprint density at radius 3 is 2.43 bits per heavy atom. The van der Waals surface area contributed by atoms with Gasteiger partial charge in [0.15, 0.2) is 0 Å². The molecule has 1 saturated heterocycles. The summed E-state index contributed by atoms with van der Waals surface area (Å²) in [5.74, 6) is -0.446. The standard InChI is InChI=1S/C22H28FN5O2/c1-3-9-28(22(30)19-16-24-17(2)15-25-19)10-8-21(29)27-13-11-26(12-14-27)20-7-5-4-6-18(20)23/h4-7,15-16H,3,8-14H2,1-2H3. The molecule has 2 amide bonds. The summed E-state index contributed by atoms with van der Waals surface area (Å²) in [6.45, 7) is 6.96. The van der Waals surface area contributed by atoms with E-state index in [0.29, 0.717) is 50.6 Å². The van der Waals surface area contributed by atoms with Crippen LogP contribution in [-0.2, 0) is 4.79 Å². The highest BCUT2D eigenvalue weighted by Gasteiger charge is 2.24. The second kappa shape index (κ2) is 10.1. The van der Waals surface area contributed by atoms with Crippen molar-refractivity contribution in [3.05, 3.63) is 53.9 Å². The lowest BCUT2D eigenvalue weighted by atomic mass is 10.2. The highest BCUT2D eigenvalue weighted by atomic mass is 19.1. The van der Waals surface area contributed by atoms with Crippen molar-refractivity contribution in [1.29, 1.82) is 0 Å². The van der Waals surface area contributed by atoms with Crippen LogP contribution in [-0.4, -0.2) is 70.9 Å². The van der Waals surface area contributed by atoms with Crippen molar-refractivity contribution >= 4 is 17.5 Å². The summed E-state index contributed by atoms with van der Waals surface area (Å²) >= 11 is 0. The van der Waals surface area contributed by atoms with Gasteiger partial charge in [-0.05, 0) is 25.5 Å². The maximum atomic E-state index is 14.0. The molecule has 0 saturated carbocycles. The molecule has 1 aliphatic rings. The molecule has 7 nitrogen and oxygen atoms in total. The Balaban J connectivity index is 1.53. The number of anilines is 1. The molecule has 0 unspecified atom stereocenters. The van der Waals surface area contributed by atoms with Crippen LogP contribution >= 0.6 is 0 Å². The molecule has 2 aromatic rings. The molecule has 1 fully saturated rings. The summed E-state index contributed by atoms with van der Waals surface area (Å²) in [7, 11) is 0. The number of rotatable bonds is 7. The van der Waals surface area contributed by atoms with Crippen molar-refractivity contribution in [2.45, 2.75) is 26.7 Å². The molecule has 0 atom stereocenters. The summed E-state index contributed by atoms with van der Waals surface area (Å²) in [4.78, 5) is 39.1. The Hall–Kier alpha value is -3.03. The van der Waals surface area contributed by atoms with Gasteiger partial charge in [-0.1, -0.05) is 19.1 Å². The Labute approximate surface area is 176 Å². The number of piperazine rings is 1. The molecule has 0 radical (unpaired) electrons. The largest absolute Gasteiger partial charge is 0.366 e. The molecule has 3 rings (SSSR count). The molecular weight excluding hydrogens is 385 g/mol. The first-order valence-corrected chi connectivity index (χ1v) is 10.3. The van der Waals surface area contributed by atoms with E-state index in [2.05, 4.69) is 9.97 Å². The van der Waals surface area contributed by atoms with Crippen molar-refractivity contribution in [1.82, 2.24) is 19.8 Å². The van der Waals surface area contributed by atoms with Crippen LogP contribution in [0.2, 0.25) is 0 Å². The SMILES string of the molecule is CCCN(CCC(=O)N1CCN(c2ccccc2F)CC1)C(=O)c1cnc(C)cn1. The molecule has 1 aromatic carbocycles. The Morgan fingerprint density at radius 2 is 1.80 bits per heavy atom. The van der Waals surface area contributed by atoms with Gasteiger partial charge in [0.05, 0.1) is 17.6 Å². The summed E-state index contributed by atoms with van der Waals surface area (Å²) in [6.07, 6.45) is 4.09. The number of para-hydroxylation sites is 1. The lowest BCUT2D eigenvalue weighted by Crippen LogP contribution is -2.49. The van der Waals surface area contributed by atoms with Gasteiger partial charge in [-0.3, -0.25) is 14.6 Å². The minimum Gasteiger partial charge on any atom is -0.366 e. The molecule has 1 aromatic heterocycles. The zero-order valence-corrected chi connectivity index (χ0v) is 17.6. The van der Waals surface area contributed by atoms with E-state index < -0.39 is 0 Å². The Kier molecular flexibility index (Phi) is 7.32. The number of benzene rings is 1. The second-order valence-electron chi connectivity index (χ2n) is 7.40. The topological polar surface area (TPSA) is 69.6 Å². The third-order valence-corrected chi connectivity index (χ3v) is 5.20. The van der Waals surface area contributed by atoms with Gasteiger partial charge >= 0.3 is 0 Å². The molecule has 2 heterocycles. The van der Waals surface area contributed by atoms with Gasteiger partial charge in [0.25, 0.3) is 5.91 Å². The van der Waals surface area contributed by atoms with E-state index in [9.17, 15) is 14.0 Å². The van der Waals surface area contributed by atoms with Gasteiger partial charge in [0.1, 0.15) is 11.5 Å². The predicted octanol–water partition coefficient (Wildman–Crippen LogP) is 2.52. The quantitative estimate of drug-likeness (QED) is 0.698. The van der Waals surface area contributed by atoms with Crippen molar-refractivity contribution in [3.63, 3.8) is 0 Å². The van der Waals surface area contributed by atoms with E-state index in [0.717, 1.165) is 12.1 Å². The number of nitrogens with zero attached hydrogens (tertiary/aromatic N) is 5. The lowest BCUT2D eigenvalue weighted by molar-refractivity contribution is -0.131. The van der Waals surface area contributed by atoms with E-state index in [1.165, 1.54) is 12.3 Å². The molecule has 0 bridgehead atoms. The third kappa shape index (κ3) is 5.31. The number of carbonyl (C=O) groups is 2. The van der Waals surface area contributed by atoms with Crippen molar-refractivity contribution in [2.24, 2.45) is 0 Å². The number of halogens is 1. The van der Waals surface area contributed by atoms with Gasteiger partial charge in [-0.25, -0.2) is 9.37 Å². The molecule has 1 aliphatic heterocycles. The number of aryl methyl sites for hydroxylation is 1. The summed E-state index contributed by atoms with van der Waals surface area (Å²) in [6, 6.07) is 6.69. The average molecular weight is 413 g/mol. The molecule has 0 spiro atoms. The molecule has 0 aliphatic carbocycles. The molecular formula is C22H28FN5O2. The van der Waals surface area contributed by atoms with E-state index >= 15 is 0 Å². The monoisotopic (exact) mass is 413 g/mol. The smallest absolute Gasteiger partial charge is 0.274 e. The zero-order chi connectivity index (χ0) is 21.5. The van der Waals surface area contributed by atoms with Gasteiger partial charge in [0.2, 0.25) is 5.91 Å². The Morgan fingerprint density at radius 1 is 1.07 bits per heavy atom. The number of aromatic nitrogens is 2. The van der Waals surface area contributed by atoms with Crippen LogP contribution in [0.5, 0.6) is 0 Å². The minimum absolute atomic E-state index is 0.00655. The summed E-state index contributed by atoms with van der Waals surface area (Å²) in [5, 5.41) is 0. The first kappa shape index (κ1) is 21.7. The van der Waals surface area contributed by atoms with E-state index in [1.54, 1.807) is 28.1 Å². The van der Waals surface area contributed by atoms with Crippen LogP contribution in [0.15, 0.2) is 36.7 Å². The van der Waals surface area contributed by atoms with Crippen LogP contribution in [0.1, 0.15) is 35.9 Å². The molecule has 30 heavy (non-hydrogen) atoms. The first-order chi connectivity index (χ1) is 14.5. The van der Waals surface area contributed by atoms with Crippen LogP contribution in [0.3, 0.4) is 0 Å². The van der Waals surface area contributed by atoms with Gasteiger partial charge in [0, 0.05) is 51.9 Å². The average Bonchev–Trinajstić information content (AvgIpc) is 2.77. The Bertz CT molecular complexity index is 866. The number of hydrogen-bond acceptors (Lipinski definition) is 5.